The van der Waals surface area contributed by atoms with Crippen LogP contribution in [0.1, 0.15) is 24.8 Å². The Morgan fingerprint density at radius 2 is 2.05 bits per heavy atom. The first-order chi connectivity index (χ1) is 9.42. The Morgan fingerprint density at radius 1 is 1.40 bits per heavy atom. The lowest BCUT2D eigenvalue weighted by Gasteiger charge is -2.15. The molecular weight excluding hydrogens is 273 g/mol. The summed E-state index contributed by atoms with van der Waals surface area (Å²) in [4.78, 5) is 10.8. The van der Waals surface area contributed by atoms with Gasteiger partial charge in [-0.1, -0.05) is 13.5 Å². The molecule has 0 amide bonds. The highest BCUT2D eigenvalue weighted by Crippen LogP contribution is 2.31. The Labute approximate surface area is 115 Å². The molecule has 0 aliphatic carbocycles. The zero-order valence-corrected chi connectivity index (χ0v) is 11.2. The van der Waals surface area contributed by atoms with Crippen molar-refractivity contribution in [1.29, 1.82) is 0 Å². The maximum atomic E-state index is 13.8. The third kappa shape index (κ3) is 3.53. The second-order valence-corrected chi connectivity index (χ2v) is 4.17. The molecule has 0 N–H and O–H groups in total. The second kappa shape index (κ2) is 6.98. The van der Waals surface area contributed by atoms with E-state index in [1.54, 1.807) is 6.92 Å². The first kappa shape index (κ1) is 16.1. The van der Waals surface area contributed by atoms with Gasteiger partial charge < -0.3 is 9.47 Å². The van der Waals surface area contributed by atoms with E-state index in [4.69, 9.17) is 4.74 Å². The molecule has 1 atom stereocenters. The minimum atomic E-state index is -1.36. The molecule has 3 nitrogen and oxygen atoms in total. The SMILES string of the molecule is C=CC(=O)OCCC(C)c1cc(F)c(OC)c(F)c1F. The predicted molar refractivity (Wildman–Crippen MR) is 67.1 cm³/mol. The first-order valence-corrected chi connectivity index (χ1v) is 5.92. The summed E-state index contributed by atoms with van der Waals surface area (Å²) in [5, 5.41) is 0. The Morgan fingerprint density at radius 3 is 2.60 bits per heavy atom. The summed E-state index contributed by atoms with van der Waals surface area (Å²) >= 11 is 0. The van der Waals surface area contributed by atoms with Crippen molar-refractivity contribution in [1.82, 2.24) is 0 Å². The zero-order chi connectivity index (χ0) is 15.3. The molecule has 0 fully saturated rings. The van der Waals surface area contributed by atoms with E-state index in [9.17, 15) is 18.0 Å². The molecule has 20 heavy (non-hydrogen) atoms. The van der Waals surface area contributed by atoms with Crippen LogP contribution in [0.5, 0.6) is 5.75 Å². The fourth-order valence-electron chi connectivity index (χ4n) is 1.69. The molecule has 110 valence electrons. The Balaban J connectivity index is 2.86. The van der Waals surface area contributed by atoms with E-state index in [2.05, 4.69) is 11.3 Å². The molecular formula is C14H15F3O3. The average molecular weight is 288 g/mol. The van der Waals surface area contributed by atoms with Gasteiger partial charge in [-0.3, -0.25) is 0 Å². The van der Waals surface area contributed by atoms with Crippen molar-refractivity contribution in [2.45, 2.75) is 19.3 Å². The number of hydrogen-bond acceptors (Lipinski definition) is 3. The highest BCUT2D eigenvalue weighted by molar-refractivity contribution is 5.81. The predicted octanol–water partition coefficient (Wildman–Crippen LogP) is 3.34. The fraction of sp³-hybridized carbons (Fsp3) is 0.357. The largest absolute Gasteiger partial charge is 0.491 e. The Hall–Kier alpha value is -1.98. The van der Waals surface area contributed by atoms with E-state index in [0.717, 1.165) is 19.3 Å². The molecule has 0 aromatic heterocycles. The van der Waals surface area contributed by atoms with Gasteiger partial charge >= 0.3 is 5.97 Å². The molecule has 0 bridgehead atoms. The van der Waals surface area contributed by atoms with Crippen LogP contribution in [0.3, 0.4) is 0 Å². The van der Waals surface area contributed by atoms with Crippen LogP contribution in [0.25, 0.3) is 0 Å². The number of rotatable bonds is 6. The van der Waals surface area contributed by atoms with E-state index in [1.165, 1.54) is 0 Å². The molecule has 0 saturated carbocycles. The average Bonchev–Trinajstić information content (AvgIpc) is 2.43. The Bertz CT molecular complexity index is 515. The van der Waals surface area contributed by atoms with Crippen LogP contribution in [0, 0.1) is 17.5 Å². The molecule has 6 heteroatoms. The van der Waals surface area contributed by atoms with Gasteiger partial charge in [0.05, 0.1) is 13.7 Å². The number of esters is 1. The van der Waals surface area contributed by atoms with Crippen molar-refractivity contribution in [3.8, 4) is 5.75 Å². The monoisotopic (exact) mass is 288 g/mol. The van der Waals surface area contributed by atoms with Gasteiger partial charge in [0.25, 0.3) is 0 Å². The molecule has 1 aromatic carbocycles. The van der Waals surface area contributed by atoms with E-state index in [1.807, 2.05) is 0 Å². The van der Waals surface area contributed by atoms with Crippen LogP contribution in [0.15, 0.2) is 18.7 Å². The van der Waals surface area contributed by atoms with E-state index in [-0.39, 0.29) is 18.6 Å². The molecule has 1 aromatic rings. The molecule has 1 rings (SSSR count). The molecule has 0 aliphatic heterocycles. The smallest absolute Gasteiger partial charge is 0.330 e. The van der Waals surface area contributed by atoms with Crippen molar-refractivity contribution in [2.24, 2.45) is 0 Å². The van der Waals surface area contributed by atoms with E-state index >= 15 is 0 Å². The van der Waals surface area contributed by atoms with Gasteiger partial charge in [0, 0.05) is 6.08 Å². The molecule has 0 radical (unpaired) electrons. The fourth-order valence-corrected chi connectivity index (χ4v) is 1.69. The van der Waals surface area contributed by atoms with Gasteiger partial charge in [0.1, 0.15) is 0 Å². The number of ether oxygens (including phenoxy) is 2. The first-order valence-electron chi connectivity index (χ1n) is 5.92. The summed E-state index contributed by atoms with van der Waals surface area (Å²) in [7, 11) is 1.05. The summed E-state index contributed by atoms with van der Waals surface area (Å²) < 4.78 is 50.0. The lowest BCUT2D eigenvalue weighted by molar-refractivity contribution is -0.137. The van der Waals surface area contributed by atoms with Crippen LogP contribution in [-0.2, 0) is 9.53 Å². The summed E-state index contributed by atoms with van der Waals surface area (Å²) in [6.45, 7) is 4.80. The topological polar surface area (TPSA) is 35.5 Å². The summed E-state index contributed by atoms with van der Waals surface area (Å²) in [5.74, 6) is -5.39. The van der Waals surface area contributed by atoms with Gasteiger partial charge in [0.2, 0.25) is 5.82 Å². The number of carbonyl (C=O) groups excluding carboxylic acids is 1. The van der Waals surface area contributed by atoms with Gasteiger partial charge in [-0.15, -0.1) is 0 Å². The number of hydrogen-bond donors (Lipinski definition) is 0. The van der Waals surface area contributed by atoms with Crippen molar-refractivity contribution in [3.63, 3.8) is 0 Å². The van der Waals surface area contributed by atoms with Crippen molar-refractivity contribution in [3.05, 3.63) is 41.7 Å². The molecule has 1 unspecified atom stereocenters. The maximum absolute atomic E-state index is 13.8. The molecule has 0 saturated heterocycles. The normalized spacial score (nSPS) is 11.8. The van der Waals surface area contributed by atoms with Crippen molar-refractivity contribution >= 4 is 5.97 Å². The van der Waals surface area contributed by atoms with Gasteiger partial charge in [-0.25, -0.2) is 13.6 Å². The summed E-state index contributed by atoms with van der Waals surface area (Å²) in [6, 6.07) is 0.886. The Kier molecular flexibility index (Phi) is 5.61. The third-order valence-corrected chi connectivity index (χ3v) is 2.84. The number of carbonyl (C=O) groups is 1. The van der Waals surface area contributed by atoms with E-state index < -0.39 is 35.1 Å². The molecule has 0 aliphatic rings. The van der Waals surface area contributed by atoms with Gasteiger partial charge in [-0.2, -0.15) is 4.39 Å². The third-order valence-electron chi connectivity index (χ3n) is 2.84. The maximum Gasteiger partial charge on any atom is 0.330 e. The summed E-state index contributed by atoms with van der Waals surface area (Å²) in [6.07, 6.45) is 1.22. The minimum absolute atomic E-state index is 0.000722. The van der Waals surface area contributed by atoms with Crippen LogP contribution < -0.4 is 4.74 Å². The quantitative estimate of drug-likeness (QED) is 0.457. The standard InChI is InChI=1S/C14H15F3O3/c1-4-11(18)20-6-5-8(2)9-7-10(15)14(19-3)13(17)12(9)16/h4,7-8H,1,5-6H2,2-3H3. The van der Waals surface area contributed by atoms with Crippen molar-refractivity contribution < 1.29 is 27.4 Å². The molecule has 0 heterocycles. The summed E-state index contributed by atoms with van der Waals surface area (Å²) in [5.41, 5.74) is -0.129. The van der Waals surface area contributed by atoms with Crippen LogP contribution in [0.2, 0.25) is 0 Å². The number of methoxy groups -OCH3 is 1. The highest BCUT2D eigenvalue weighted by Gasteiger charge is 2.22. The lowest BCUT2D eigenvalue weighted by atomic mass is 9.97. The molecule has 0 spiro atoms. The van der Waals surface area contributed by atoms with Crippen LogP contribution in [0.4, 0.5) is 13.2 Å². The van der Waals surface area contributed by atoms with Gasteiger partial charge in [0.15, 0.2) is 17.4 Å². The number of benzene rings is 1. The van der Waals surface area contributed by atoms with Gasteiger partial charge in [-0.05, 0) is 24.0 Å². The second-order valence-electron chi connectivity index (χ2n) is 4.17. The van der Waals surface area contributed by atoms with Crippen LogP contribution in [-0.4, -0.2) is 19.7 Å². The minimum Gasteiger partial charge on any atom is -0.491 e. The lowest BCUT2D eigenvalue weighted by Crippen LogP contribution is -2.08. The van der Waals surface area contributed by atoms with E-state index in [0.29, 0.717) is 0 Å². The highest BCUT2D eigenvalue weighted by atomic mass is 19.2. The zero-order valence-electron chi connectivity index (χ0n) is 11.2. The van der Waals surface area contributed by atoms with Crippen molar-refractivity contribution in [2.75, 3.05) is 13.7 Å². The van der Waals surface area contributed by atoms with Crippen LogP contribution >= 0.6 is 0 Å². The number of halogens is 3.